The van der Waals surface area contributed by atoms with Crippen LogP contribution < -0.4 is 5.32 Å². The number of anilines is 1. The van der Waals surface area contributed by atoms with Gasteiger partial charge >= 0.3 is 0 Å². The molecule has 0 saturated carbocycles. The molecule has 0 aliphatic carbocycles. The number of benzene rings is 1. The first kappa shape index (κ1) is 13.2. The summed E-state index contributed by atoms with van der Waals surface area (Å²) in [4.78, 5) is 4.19. The van der Waals surface area contributed by atoms with E-state index in [1.165, 1.54) is 0 Å². The van der Waals surface area contributed by atoms with Crippen molar-refractivity contribution in [3.8, 4) is 0 Å². The van der Waals surface area contributed by atoms with Crippen LogP contribution in [0.3, 0.4) is 0 Å². The predicted molar refractivity (Wildman–Crippen MR) is 82.6 cm³/mol. The largest absolute Gasteiger partial charge is 0.346 e. The SMILES string of the molecule is Clc1ccccc1[C@@H]1C[C@H](c2cccnc2)Nc2nnnn21. The smallest absolute Gasteiger partial charge is 0.243 e. The molecule has 0 unspecified atom stereocenters. The van der Waals surface area contributed by atoms with Gasteiger partial charge in [-0.1, -0.05) is 41.0 Å². The first-order chi connectivity index (χ1) is 10.8. The van der Waals surface area contributed by atoms with Crippen LogP contribution in [0.15, 0.2) is 48.8 Å². The summed E-state index contributed by atoms with van der Waals surface area (Å²) in [5.74, 6) is 0.644. The number of nitrogens with one attached hydrogen (secondary N) is 1. The van der Waals surface area contributed by atoms with Crippen LogP contribution in [-0.2, 0) is 0 Å². The number of pyridine rings is 1. The molecular formula is C15H13ClN6. The van der Waals surface area contributed by atoms with E-state index < -0.39 is 0 Å². The number of rotatable bonds is 2. The standard InChI is InChI=1S/C15H13ClN6/c16-12-6-2-1-5-11(12)14-8-13(10-4-3-7-17-9-10)18-15-19-20-21-22(14)15/h1-7,9,13-14H,8H2,(H,18,19,21)/t13-,14+/m1/s1. The normalized spacial score (nSPS) is 20.2. The summed E-state index contributed by atoms with van der Waals surface area (Å²) < 4.78 is 1.79. The molecule has 0 amide bonds. The average Bonchev–Trinajstić information content (AvgIpc) is 3.04. The van der Waals surface area contributed by atoms with E-state index >= 15 is 0 Å². The van der Waals surface area contributed by atoms with Gasteiger partial charge in [-0.3, -0.25) is 4.98 Å². The van der Waals surface area contributed by atoms with E-state index in [4.69, 9.17) is 11.6 Å². The zero-order valence-corrected chi connectivity index (χ0v) is 12.4. The highest BCUT2D eigenvalue weighted by molar-refractivity contribution is 6.31. The van der Waals surface area contributed by atoms with Crippen molar-refractivity contribution in [1.29, 1.82) is 0 Å². The lowest BCUT2D eigenvalue weighted by Crippen LogP contribution is -2.28. The lowest BCUT2D eigenvalue weighted by molar-refractivity contribution is 0.423. The minimum atomic E-state index is -0.00911. The molecule has 6 nitrogen and oxygen atoms in total. The maximum atomic E-state index is 6.37. The number of fused-ring (bicyclic) bond motifs is 1. The molecule has 3 heterocycles. The summed E-state index contributed by atoms with van der Waals surface area (Å²) in [5, 5.41) is 16.0. The van der Waals surface area contributed by atoms with Crippen LogP contribution in [0, 0.1) is 0 Å². The van der Waals surface area contributed by atoms with E-state index in [1.54, 1.807) is 10.9 Å². The second-order valence-corrected chi connectivity index (χ2v) is 5.61. The molecule has 4 rings (SSSR count). The topological polar surface area (TPSA) is 68.5 Å². The van der Waals surface area contributed by atoms with Crippen molar-refractivity contribution in [2.24, 2.45) is 0 Å². The van der Waals surface area contributed by atoms with Gasteiger partial charge in [-0.05, 0) is 40.1 Å². The Hall–Kier alpha value is -2.47. The molecule has 0 bridgehead atoms. The molecule has 110 valence electrons. The van der Waals surface area contributed by atoms with Crippen LogP contribution in [0.1, 0.15) is 29.6 Å². The monoisotopic (exact) mass is 312 g/mol. The lowest BCUT2D eigenvalue weighted by Gasteiger charge is -2.31. The lowest BCUT2D eigenvalue weighted by atomic mass is 9.94. The molecule has 1 N–H and O–H groups in total. The molecule has 1 aliphatic heterocycles. The predicted octanol–water partition coefficient (Wildman–Crippen LogP) is 2.87. The van der Waals surface area contributed by atoms with Gasteiger partial charge < -0.3 is 5.32 Å². The van der Waals surface area contributed by atoms with Crippen molar-refractivity contribution in [3.63, 3.8) is 0 Å². The molecule has 7 heteroatoms. The number of hydrogen-bond donors (Lipinski definition) is 1. The summed E-state index contributed by atoms with van der Waals surface area (Å²) in [6.07, 6.45) is 4.43. The van der Waals surface area contributed by atoms with Gasteiger partial charge in [-0.2, -0.15) is 0 Å². The van der Waals surface area contributed by atoms with Gasteiger partial charge in [0.25, 0.3) is 0 Å². The summed E-state index contributed by atoms with van der Waals surface area (Å²) in [5.41, 5.74) is 2.13. The summed E-state index contributed by atoms with van der Waals surface area (Å²) in [6, 6.07) is 11.9. The zero-order chi connectivity index (χ0) is 14.9. The molecule has 1 aromatic carbocycles. The van der Waals surface area contributed by atoms with Crippen molar-refractivity contribution in [2.45, 2.75) is 18.5 Å². The second kappa shape index (κ2) is 5.38. The molecule has 2 atom stereocenters. The first-order valence-electron chi connectivity index (χ1n) is 7.01. The molecule has 22 heavy (non-hydrogen) atoms. The third-order valence-electron chi connectivity index (χ3n) is 3.90. The number of halogens is 1. The molecule has 0 saturated heterocycles. The van der Waals surface area contributed by atoms with Gasteiger partial charge in [0.05, 0.1) is 12.1 Å². The van der Waals surface area contributed by atoms with Crippen LogP contribution in [-0.4, -0.2) is 25.2 Å². The maximum Gasteiger partial charge on any atom is 0.243 e. The number of hydrogen-bond acceptors (Lipinski definition) is 5. The summed E-state index contributed by atoms with van der Waals surface area (Å²) >= 11 is 6.37. The van der Waals surface area contributed by atoms with Gasteiger partial charge in [0.15, 0.2) is 0 Å². The van der Waals surface area contributed by atoms with Gasteiger partial charge in [0.1, 0.15) is 0 Å². The van der Waals surface area contributed by atoms with Crippen LogP contribution >= 0.6 is 11.6 Å². The zero-order valence-electron chi connectivity index (χ0n) is 11.6. The number of aromatic nitrogens is 5. The van der Waals surface area contributed by atoms with E-state index in [1.807, 2.05) is 42.6 Å². The van der Waals surface area contributed by atoms with Gasteiger partial charge in [0, 0.05) is 17.4 Å². The van der Waals surface area contributed by atoms with Crippen molar-refractivity contribution in [3.05, 3.63) is 64.9 Å². The van der Waals surface area contributed by atoms with Crippen LogP contribution in [0.2, 0.25) is 5.02 Å². The van der Waals surface area contributed by atoms with Crippen molar-refractivity contribution in [2.75, 3.05) is 5.32 Å². The van der Waals surface area contributed by atoms with Crippen molar-refractivity contribution >= 4 is 17.5 Å². The molecule has 0 spiro atoms. The summed E-state index contributed by atoms with van der Waals surface area (Å²) in [6.45, 7) is 0. The van der Waals surface area contributed by atoms with E-state index in [2.05, 4.69) is 25.8 Å². The van der Waals surface area contributed by atoms with Crippen molar-refractivity contribution < 1.29 is 0 Å². The minimum absolute atomic E-state index is 0.00911. The molecule has 0 fully saturated rings. The van der Waals surface area contributed by atoms with E-state index in [-0.39, 0.29) is 12.1 Å². The Bertz CT molecular complexity index is 787. The molecule has 0 radical (unpaired) electrons. The fourth-order valence-corrected chi connectivity index (χ4v) is 3.10. The maximum absolute atomic E-state index is 6.37. The van der Waals surface area contributed by atoms with Crippen molar-refractivity contribution in [1.82, 2.24) is 25.2 Å². The van der Waals surface area contributed by atoms with Crippen LogP contribution in [0.4, 0.5) is 5.95 Å². The second-order valence-electron chi connectivity index (χ2n) is 5.20. The minimum Gasteiger partial charge on any atom is -0.346 e. The Morgan fingerprint density at radius 2 is 2.09 bits per heavy atom. The number of nitrogens with zero attached hydrogens (tertiary/aromatic N) is 5. The van der Waals surface area contributed by atoms with Gasteiger partial charge in [-0.15, -0.1) is 0 Å². The Morgan fingerprint density at radius 3 is 2.91 bits per heavy atom. The Balaban J connectivity index is 1.77. The van der Waals surface area contributed by atoms with E-state index in [9.17, 15) is 0 Å². The average molecular weight is 313 g/mol. The van der Waals surface area contributed by atoms with Crippen LogP contribution in [0.25, 0.3) is 0 Å². The first-order valence-corrected chi connectivity index (χ1v) is 7.39. The van der Waals surface area contributed by atoms with E-state index in [0.717, 1.165) is 22.6 Å². The number of tetrazole rings is 1. The third kappa shape index (κ3) is 2.21. The summed E-state index contributed by atoms with van der Waals surface area (Å²) in [7, 11) is 0. The highest BCUT2D eigenvalue weighted by Crippen LogP contribution is 2.38. The Kier molecular flexibility index (Phi) is 3.23. The highest BCUT2D eigenvalue weighted by atomic mass is 35.5. The molecule has 3 aromatic rings. The Morgan fingerprint density at radius 1 is 1.18 bits per heavy atom. The van der Waals surface area contributed by atoms with Gasteiger partial charge in [0.2, 0.25) is 5.95 Å². The fourth-order valence-electron chi connectivity index (χ4n) is 2.84. The molecular weight excluding hydrogens is 300 g/mol. The highest BCUT2D eigenvalue weighted by Gasteiger charge is 2.31. The third-order valence-corrected chi connectivity index (χ3v) is 4.25. The molecule has 2 aromatic heterocycles. The van der Waals surface area contributed by atoms with E-state index in [0.29, 0.717) is 5.95 Å². The fraction of sp³-hybridized carbons (Fsp3) is 0.200. The van der Waals surface area contributed by atoms with Crippen LogP contribution in [0.5, 0.6) is 0 Å². The Labute approximate surface area is 132 Å². The van der Waals surface area contributed by atoms with Gasteiger partial charge in [-0.25, -0.2) is 4.68 Å². The quantitative estimate of drug-likeness (QED) is 0.788. The molecule has 1 aliphatic rings.